The first kappa shape index (κ1) is 21.0. The summed E-state index contributed by atoms with van der Waals surface area (Å²) < 4.78 is 25.7. The molecule has 1 aliphatic carbocycles. The molecular formula is C19H22O10. The Morgan fingerprint density at radius 2 is 1.97 bits per heavy atom. The number of esters is 4. The Kier molecular flexibility index (Phi) is 6.31. The molecule has 0 aromatic carbocycles. The van der Waals surface area contributed by atoms with Crippen LogP contribution in [-0.4, -0.2) is 60.9 Å². The van der Waals surface area contributed by atoms with Gasteiger partial charge in [-0.25, -0.2) is 9.59 Å². The summed E-state index contributed by atoms with van der Waals surface area (Å²) in [6, 6.07) is 0. The predicted molar refractivity (Wildman–Crippen MR) is 91.8 cm³/mol. The van der Waals surface area contributed by atoms with Crippen molar-refractivity contribution in [2.24, 2.45) is 11.8 Å². The quantitative estimate of drug-likeness (QED) is 0.340. The van der Waals surface area contributed by atoms with E-state index in [1.54, 1.807) is 6.92 Å². The lowest BCUT2D eigenvalue weighted by molar-refractivity contribution is -0.200. The Labute approximate surface area is 166 Å². The first-order chi connectivity index (χ1) is 13.8. The minimum absolute atomic E-state index is 0.188. The van der Waals surface area contributed by atoms with Crippen molar-refractivity contribution in [1.29, 1.82) is 0 Å². The third kappa shape index (κ3) is 4.47. The maximum absolute atomic E-state index is 12.8. The van der Waals surface area contributed by atoms with E-state index in [0.717, 1.165) is 18.9 Å². The van der Waals surface area contributed by atoms with E-state index in [0.29, 0.717) is 12.8 Å². The van der Waals surface area contributed by atoms with Gasteiger partial charge in [-0.1, -0.05) is 6.58 Å². The third-order valence-corrected chi connectivity index (χ3v) is 5.14. The second kappa shape index (κ2) is 8.73. The first-order valence-corrected chi connectivity index (χ1v) is 9.39. The number of ketones is 1. The second-order valence-corrected chi connectivity index (χ2v) is 7.10. The zero-order chi connectivity index (χ0) is 21.1. The van der Waals surface area contributed by atoms with Gasteiger partial charge in [0.15, 0.2) is 18.5 Å². The summed E-state index contributed by atoms with van der Waals surface area (Å²) in [4.78, 5) is 60.1. The molecule has 6 unspecified atom stereocenters. The van der Waals surface area contributed by atoms with Crippen LogP contribution in [0.15, 0.2) is 12.7 Å². The molecule has 10 heteroatoms. The fraction of sp³-hybridized carbons (Fsp3) is 0.632. The van der Waals surface area contributed by atoms with E-state index >= 15 is 0 Å². The summed E-state index contributed by atoms with van der Waals surface area (Å²) in [7, 11) is 0. The van der Waals surface area contributed by atoms with Crippen LogP contribution in [0.25, 0.3) is 0 Å². The highest BCUT2D eigenvalue weighted by molar-refractivity contribution is 5.89. The van der Waals surface area contributed by atoms with E-state index in [1.807, 2.05) is 0 Å². The molecule has 10 nitrogen and oxygen atoms in total. The minimum Gasteiger partial charge on any atom is -0.460 e. The van der Waals surface area contributed by atoms with E-state index in [4.69, 9.17) is 18.9 Å². The molecule has 0 radical (unpaired) electrons. The van der Waals surface area contributed by atoms with E-state index in [9.17, 15) is 24.0 Å². The summed E-state index contributed by atoms with van der Waals surface area (Å²) >= 11 is 0. The molecule has 3 fully saturated rings. The van der Waals surface area contributed by atoms with Gasteiger partial charge in [-0.2, -0.15) is 0 Å². The highest BCUT2D eigenvalue weighted by Gasteiger charge is 2.61. The van der Waals surface area contributed by atoms with Gasteiger partial charge in [0.25, 0.3) is 0 Å². The number of rotatable bonds is 6. The van der Waals surface area contributed by atoms with Crippen LogP contribution < -0.4 is 0 Å². The lowest BCUT2D eigenvalue weighted by atomic mass is 9.89. The summed E-state index contributed by atoms with van der Waals surface area (Å²) in [5, 5.41) is 0. The molecule has 1 saturated carbocycles. The lowest BCUT2D eigenvalue weighted by Gasteiger charge is -2.25. The van der Waals surface area contributed by atoms with Crippen LogP contribution in [0.5, 0.6) is 0 Å². The van der Waals surface area contributed by atoms with Gasteiger partial charge in [0.1, 0.15) is 24.0 Å². The van der Waals surface area contributed by atoms with Gasteiger partial charge in [0.2, 0.25) is 6.29 Å². The number of Topliss-reactive ketones (excluding diaryl/α,β-unsaturated/α-hetero) is 1. The average Bonchev–Trinajstić information content (AvgIpc) is 3.19. The Morgan fingerprint density at radius 1 is 1.21 bits per heavy atom. The molecule has 0 aromatic heterocycles. The van der Waals surface area contributed by atoms with Crippen LogP contribution in [0.1, 0.15) is 32.6 Å². The molecule has 2 aliphatic heterocycles. The molecular weight excluding hydrogens is 388 g/mol. The minimum atomic E-state index is -1.43. The Hall–Kier alpha value is -2.75. The highest BCUT2D eigenvalue weighted by atomic mass is 16.7. The monoisotopic (exact) mass is 410 g/mol. The number of cyclic esters (lactones) is 1. The molecule has 0 N–H and O–H groups in total. The molecule has 2 saturated heterocycles. The van der Waals surface area contributed by atoms with Crippen LogP contribution in [0.4, 0.5) is 0 Å². The van der Waals surface area contributed by atoms with Crippen molar-refractivity contribution >= 4 is 29.7 Å². The standard InChI is InChI=1S/C19H22O10/c1-3-12(21)25-8-13(22)28-19-15(14-16(29-19)9(2)26-17(14)23)18(24)27-11-7-5-4-6-10(11)20/h3,9,11,14-16,19H,1,4-8H2,2H3. The lowest BCUT2D eigenvalue weighted by Crippen LogP contribution is -2.40. The highest BCUT2D eigenvalue weighted by Crippen LogP contribution is 2.42. The zero-order valence-corrected chi connectivity index (χ0v) is 15.9. The van der Waals surface area contributed by atoms with Crippen LogP contribution in [0.2, 0.25) is 0 Å². The molecule has 158 valence electrons. The summed E-state index contributed by atoms with van der Waals surface area (Å²) in [5.74, 6) is -5.84. The number of carbonyl (C=O) groups excluding carboxylic acids is 5. The molecule has 29 heavy (non-hydrogen) atoms. The van der Waals surface area contributed by atoms with Crippen LogP contribution in [0, 0.1) is 11.8 Å². The van der Waals surface area contributed by atoms with Crippen molar-refractivity contribution in [2.75, 3.05) is 6.61 Å². The zero-order valence-electron chi connectivity index (χ0n) is 15.9. The van der Waals surface area contributed by atoms with Crippen molar-refractivity contribution in [3.8, 4) is 0 Å². The maximum Gasteiger partial charge on any atom is 0.346 e. The van der Waals surface area contributed by atoms with Crippen molar-refractivity contribution in [3.63, 3.8) is 0 Å². The molecule has 6 atom stereocenters. The molecule has 3 aliphatic rings. The molecule has 0 bridgehead atoms. The van der Waals surface area contributed by atoms with Gasteiger partial charge in [-0.3, -0.25) is 14.4 Å². The Balaban J connectivity index is 1.71. The number of carbonyl (C=O) groups is 5. The van der Waals surface area contributed by atoms with Crippen LogP contribution >= 0.6 is 0 Å². The SMILES string of the molecule is C=CC(=O)OCC(=O)OC1OC2C(C)OC(=O)C2C1C(=O)OC1CCCCC1=O. The molecule has 0 aromatic rings. The number of hydrogen-bond donors (Lipinski definition) is 0. The van der Waals surface area contributed by atoms with Crippen LogP contribution in [0.3, 0.4) is 0 Å². The predicted octanol–water partition coefficient (Wildman–Crippen LogP) is 0.216. The summed E-state index contributed by atoms with van der Waals surface area (Å²) in [5.41, 5.74) is 0. The van der Waals surface area contributed by atoms with Gasteiger partial charge in [0.05, 0.1) is 0 Å². The van der Waals surface area contributed by atoms with Gasteiger partial charge in [0, 0.05) is 12.5 Å². The van der Waals surface area contributed by atoms with Gasteiger partial charge in [-0.05, 0) is 26.2 Å². The first-order valence-electron chi connectivity index (χ1n) is 9.39. The van der Waals surface area contributed by atoms with E-state index < -0.39 is 66.9 Å². The van der Waals surface area contributed by atoms with Gasteiger partial charge >= 0.3 is 23.9 Å². The molecule has 0 amide bonds. The smallest absolute Gasteiger partial charge is 0.346 e. The third-order valence-electron chi connectivity index (χ3n) is 5.14. The Bertz CT molecular complexity index is 729. The van der Waals surface area contributed by atoms with Gasteiger partial charge < -0.3 is 23.7 Å². The Morgan fingerprint density at radius 3 is 2.66 bits per heavy atom. The molecule has 0 spiro atoms. The average molecular weight is 410 g/mol. The van der Waals surface area contributed by atoms with Crippen molar-refractivity contribution in [2.45, 2.75) is 57.2 Å². The normalized spacial score (nSPS) is 33.4. The van der Waals surface area contributed by atoms with Crippen LogP contribution in [-0.2, 0) is 47.7 Å². The fourth-order valence-corrected chi connectivity index (χ4v) is 3.72. The number of ether oxygens (including phenoxy) is 5. The number of fused-ring (bicyclic) bond motifs is 1. The van der Waals surface area contributed by atoms with Crippen molar-refractivity contribution in [1.82, 2.24) is 0 Å². The largest absolute Gasteiger partial charge is 0.460 e. The van der Waals surface area contributed by atoms with Crippen molar-refractivity contribution in [3.05, 3.63) is 12.7 Å². The van der Waals surface area contributed by atoms with Crippen molar-refractivity contribution < 1.29 is 47.7 Å². The molecule has 2 heterocycles. The van der Waals surface area contributed by atoms with Gasteiger partial charge in [-0.15, -0.1) is 0 Å². The molecule has 3 rings (SSSR count). The van der Waals surface area contributed by atoms with E-state index in [-0.39, 0.29) is 5.78 Å². The summed E-state index contributed by atoms with van der Waals surface area (Å²) in [6.07, 6.45) is -0.718. The van der Waals surface area contributed by atoms with E-state index in [1.165, 1.54) is 0 Å². The topological polar surface area (TPSA) is 132 Å². The van der Waals surface area contributed by atoms with E-state index in [2.05, 4.69) is 11.3 Å². The fourth-order valence-electron chi connectivity index (χ4n) is 3.72. The maximum atomic E-state index is 12.8. The summed E-state index contributed by atoms with van der Waals surface area (Å²) in [6.45, 7) is 4.07. The number of hydrogen-bond acceptors (Lipinski definition) is 10. The second-order valence-electron chi connectivity index (χ2n) is 7.10.